The van der Waals surface area contributed by atoms with Gasteiger partial charge in [-0.15, -0.1) is 0 Å². The van der Waals surface area contributed by atoms with Crippen LogP contribution in [0.1, 0.15) is 0 Å². The Bertz CT molecular complexity index is 683. The van der Waals surface area contributed by atoms with Crippen molar-refractivity contribution >= 4 is 22.3 Å². The third-order valence-corrected chi connectivity index (χ3v) is 2.97. The summed E-state index contributed by atoms with van der Waals surface area (Å²) in [5.41, 5.74) is 16.1. The summed E-state index contributed by atoms with van der Waals surface area (Å²) in [4.78, 5) is 3.17. The Morgan fingerprint density at radius 3 is 2.35 bits per heavy atom. The van der Waals surface area contributed by atoms with E-state index in [1.54, 1.807) is 0 Å². The van der Waals surface area contributed by atoms with Crippen molar-refractivity contribution < 1.29 is 0 Å². The normalized spacial score (nSPS) is 10.8. The molecule has 2 aromatic carbocycles. The van der Waals surface area contributed by atoms with E-state index < -0.39 is 0 Å². The van der Waals surface area contributed by atoms with Crippen LogP contribution in [0.3, 0.4) is 0 Å². The van der Waals surface area contributed by atoms with Gasteiger partial charge in [0.2, 0.25) is 0 Å². The summed E-state index contributed by atoms with van der Waals surface area (Å²) >= 11 is 0. The standard InChI is InChI=1S/C14H13N3/c15-12-3-1-10(8-13(12)16)9-2-4-14-11(7-9)5-6-17-14/h1-8,17H,15-16H2. The Morgan fingerprint density at radius 1 is 0.765 bits per heavy atom. The van der Waals surface area contributed by atoms with Crippen LogP contribution in [0.25, 0.3) is 22.0 Å². The fraction of sp³-hybridized carbons (Fsp3) is 0. The highest BCUT2D eigenvalue weighted by Crippen LogP contribution is 2.27. The molecule has 3 nitrogen and oxygen atoms in total. The van der Waals surface area contributed by atoms with Crippen LogP contribution >= 0.6 is 0 Å². The molecule has 0 radical (unpaired) electrons. The van der Waals surface area contributed by atoms with E-state index in [1.165, 1.54) is 5.39 Å². The van der Waals surface area contributed by atoms with Crippen LogP contribution in [-0.2, 0) is 0 Å². The number of H-pyrrole nitrogens is 1. The maximum Gasteiger partial charge on any atom is 0.0554 e. The molecule has 0 amide bonds. The van der Waals surface area contributed by atoms with Crippen molar-refractivity contribution in [1.29, 1.82) is 0 Å². The third-order valence-electron chi connectivity index (χ3n) is 2.97. The first kappa shape index (κ1) is 9.78. The van der Waals surface area contributed by atoms with Gasteiger partial charge in [0.15, 0.2) is 0 Å². The molecule has 17 heavy (non-hydrogen) atoms. The highest BCUT2D eigenvalue weighted by Gasteiger charge is 2.02. The lowest BCUT2D eigenvalue weighted by molar-refractivity contribution is 1.48. The van der Waals surface area contributed by atoms with E-state index in [0.29, 0.717) is 11.4 Å². The predicted molar refractivity (Wildman–Crippen MR) is 72.6 cm³/mol. The van der Waals surface area contributed by atoms with E-state index in [0.717, 1.165) is 16.6 Å². The Morgan fingerprint density at radius 2 is 1.53 bits per heavy atom. The second-order valence-corrected chi connectivity index (χ2v) is 4.12. The van der Waals surface area contributed by atoms with Crippen LogP contribution in [0.15, 0.2) is 48.7 Å². The minimum Gasteiger partial charge on any atom is -0.397 e. The fourth-order valence-corrected chi connectivity index (χ4v) is 1.99. The van der Waals surface area contributed by atoms with Gasteiger partial charge >= 0.3 is 0 Å². The number of rotatable bonds is 1. The molecule has 0 aliphatic heterocycles. The molecule has 3 rings (SSSR count). The molecule has 3 heteroatoms. The van der Waals surface area contributed by atoms with Gasteiger partial charge < -0.3 is 16.5 Å². The van der Waals surface area contributed by atoms with Crippen molar-refractivity contribution in [3.63, 3.8) is 0 Å². The van der Waals surface area contributed by atoms with Crippen LogP contribution in [-0.4, -0.2) is 4.98 Å². The maximum absolute atomic E-state index is 5.82. The van der Waals surface area contributed by atoms with Crippen LogP contribution in [0.5, 0.6) is 0 Å². The molecule has 5 N–H and O–H groups in total. The molecule has 0 fully saturated rings. The number of hydrogen-bond donors (Lipinski definition) is 3. The molecule has 0 spiro atoms. The Labute approximate surface area is 99.1 Å². The molecule has 0 saturated heterocycles. The summed E-state index contributed by atoms with van der Waals surface area (Å²) in [7, 11) is 0. The first-order chi connectivity index (χ1) is 8.24. The van der Waals surface area contributed by atoms with Gasteiger partial charge in [-0.2, -0.15) is 0 Å². The van der Waals surface area contributed by atoms with Gasteiger partial charge in [0.1, 0.15) is 0 Å². The molecule has 3 aromatic rings. The van der Waals surface area contributed by atoms with Crippen LogP contribution in [0.4, 0.5) is 11.4 Å². The van der Waals surface area contributed by atoms with E-state index in [4.69, 9.17) is 11.5 Å². The highest BCUT2D eigenvalue weighted by molar-refractivity contribution is 5.86. The summed E-state index contributed by atoms with van der Waals surface area (Å²) < 4.78 is 0. The van der Waals surface area contributed by atoms with E-state index in [-0.39, 0.29) is 0 Å². The smallest absolute Gasteiger partial charge is 0.0554 e. The molecular formula is C14H13N3. The minimum atomic E-state index is 0.622. The molecule has 0 aliphatic carbocycles. The zero-order valence-corrected chi connectivity index (χ0v) is 9.27. The summed E-state index contributed by atoms with van der Waals surface area (Å²) in [6.45, 7) is 0. The molecule has 0 aliphatic rings. The summed E-state index contributed by atoms with van der Waals surface area (Å²) in [5, 5.41) is 1.19. The largest absolute Gasteiger partial charge is 0.397 e. The van der Waals surface area contributed by atoms with Crippen molar-refractivity contribution in [2.45, 2.75) is 0 Å². The van der Waals surface area contributed by atoms with Crippen LogP contribution in [0.2, 0.25) is 0 Å². The first-order valence-corrected chi connectivity index (χ1v) is 5.46. The van der Waals surface area contributed by atoms with Gasteiger partial charge in [0.25, 0.3) is 0 Å². The van der Waals surface area contributed by atoms with Crippen molar-refractivity contribution in [2.75, 3.05) is 11.5 Å². The van der Waals surface area contributed by atoms with Gasteiger partial charge in [-0.3, -0.25) is 0 Å². The number of aromatic nitrogens is 1. The monoisotopic (exact) mass is 223 g/mol. The molecule has 84 valence electrons. The number of nitrogens with one attached hydrogen (secondary N) is 1. The Hall–Kier alpha value is -2.42. The minimum absolute atomic E-state index is 0.622. The fourth-order valence-electron chi connectivity index (χ4n) is 1.99. The van der Waals surface area contributed by atoms with Gasteiger partial charge in [-0.05, 0) is 46.8 Å². The number of anilines is 2. The van der Waals surface area contributed by atoms with Gasteiger partial charge in [0.05, 0.1) is 11.4 Å². The zero-order chi connectivity index (χ0) is 11.8. The lowest BCUT2D eigenvalue weighted by atomic mass is 10.0. The molecular weight excluding hydrogens is 210 g/mol. The number of hydrogen-bond acceptors (Lipinski definition) is 2. The molecule has 1 heterocycles. The Balaban J connectivity index is 2.16. The quantitative estimate of drug-likeness (QED) is 0.555. The molecule has 1 aromatic heterocycles. The van der Waals surface area contributed by atoms with Crippen LogP contribution in [0, 0.1) is 0 Å². The highest BCUT2D eigenvalue weighted by atomic mass is 14.7. The van der Waals surface area contributed by atoms with E-state index in [9.17, 15) is 0 Å². The predicted octanol–water partition coefficient (Wildman–Crippen LogP) is 3.00. The van der Waals surface area contributed by atoms with E-state index in [2.05, 4.69) is 29.2 Å². The van der Waals surface area contributed by atoms with Gasteiger partial charge in [-0.1, -0.05) is 12.1 Å². The van der Waals surface area contributed by atoms with Gasteiger partial charge in [0, 0.05) is 11.7 Å². The molecule has 0 atom stereocenters. The average Bonchev–Trinajstić information content (AvgIpc) is 2.79. The van der Waals surface area contributed by atoms with E-state index >= 15 is 0 Å². The maximum atomic E-state index is 5.82. The number of aromatic amines is 1. The molecule has 0 bridgehead atoms. The van der Waals surface area contributed by atoms with E-state index in [1.807, 2.05) is 24.4 Å². The topological polar surface area (TPSA) is 67.8 Å². The molecule has 0 saturated carbocycles. The SMILES string of the molecule is Nc1ccc(-c2ccc3[nH]ccc3c2)cc1N. The van der Waals surface area contributed by atoms with Gasteiger partial charge in [-0.25, -0.2) is 0 Å². The Kier molecular flexibility index (Phi) is 2.05. The van der Waals surface area contributed by atoms with Crippen molar-refractivity contribution in [3.8, 4) is 11.1 Å². The number of benzene rings is 2. The number of nitrogen functional groups attached to an aromatic ring is 2. The summed E-state index contributed by atoms with van der Waals surface area (Å²) in [6, 6.07) is 14.1. The number of fused-ring (bicyclic) bond motifs is 1. The second-order valence-electron chi connectivity index (χ2n) is 4.12. The first-order valence-electron chi connectivity index (χ1n) is 5.46. The lowest BCUT2D eigenvalue weighted by Gasteiger charge is -2.05. The summed E-state index contributed by atoms with van der Waals surface area (Å²) in [6.07, 6.45) is 1.94. The van der Waals surface area contributed by atoms with Crippen molar-refractivity contribution in [1.82, 2.24) is 4.98 Å². The van der Waals surface area contributed by atoms with Crippen molar-refractivity contribution in [2.24, 2.45) is 0 Å². The van der Waals surface area contributed by atoms with Crippen LogP contribution < -0.4 is 11.5 Å². The number of nitrogens with two attached hydrogens (primary N) is 2. The molecule has 0 unspecified atom stereocenters. The third kappa shape index (κ3) is 1.61. The average molecular weight is 223 g/mol. The lowest BCUT2D eigenvalue weighted by Crippen LogP contribution is -1.94. The zero-order valence-electron chi connectivity index (χ0n) is 9.27. The summed E-state index contributed by atoms with van der Waals surface area (Å²) in [5.74, 6) is 0. The second kappa shape index (κ2) is 3.56. The van der Waals surface area contributed by atoms with Crippen molar-refractivity contribution in [3.05, 3.63) is 48.7 Å².